The lowest BCUT2D eigenvalue weighted by atomic mass is 9.99. The smallest absolute Gasteiger partial charge is 0.252 e. The highest BCUT2D eigenvalue weighted by atomic mass is 32.2. The molecule has 0 aliphatic carbocycles. The summed E-state index contributed by atoms with van der Waals surface area (Å²) >= 11 is 0. The summed E-state index contributed by atoms with van der Waals surface area (Å²) in [5, 5.41) is 2.90. The van der Waals surface area contributed by atoms with E-state index in [1.807, 2.05) is 54.6 Å². The maximum absolute atomic E-state index is 12.7. The molecule has 2 N–H and O–H groups in total. The largest absolute Gasteiger partial charge is 0.348 e. The van der Waals surface area contributed by atoms with Gasteiger partial charge in [-0.05, 0) is 34.9 Å². The Morgan fingerprint density at radius 3 is 2.33 bits per heavy atom. The SMILES string of the molecule is CS(=O)(=O)Nc1cccc(CNC(=O)c2ccccc2-c2ccccc2)c1. The maximum atomic E-state index is 12.7. The lowest BCUT2D eigenvalue weighted by molar-refractivity contribution is 0.0951. The van der Waals surface area contributed by atoms with Gasteiger partial charge in [-0.25, -0.2) is 8.42 Å². The Labute approximate surface area is 159 Å². The fourth-order valence-corrected chi connectivity index (χ4v) is 3.34. The number of sulfonamides is 1. The molecule has 3 rings (SSSR count). The van der Waals surface area contributed by atoms with E-state index < -0.39 is 10.0 Å². The van der Waals surface area contributed by atoms with Crippen molar-refractivity contribution in [2.45, 2.75) is 6.54 Å². The Morgan fingerprint density at radius 2 is 1.59 bits per heavy atom. The van der Waals surface area contributed by atoms with Crippen LogP contribution in [-0.4, -0.2) is 20.6 Å². The first kappa shape index (κ1) is 18.7. The van der Waals surface area contributed by atoms with Crippen LogP contribution in [0.5, 0.6) is 0 Å². The zero-order chi connectivity index (χ0) is 19.3. The molecule has 3 aromatic carbocycles. The van der Waals surface area contributed by atoms with Gasteiger partial charge in [0.25, 0.3) is 5.91 Å². The van der Waals surface area contributed by atoms with E-state index in [9.17, 15) is 13.2 Å². The van der Waals surface area contributed by atoms with Crippen molar-refractivity contribution in [2.75, 3.05) is 11.0 Å². The molecule has 5 nitrogen and oxygen atoms in total. The van der Waals surface area contributed by atoms with Crippen LogP contribution in [0, 0.1) is 0 Å². The monoisotopic (exact) mass is 380 g/mol. The number of benzene rings is 3. The zero-order valence-electron chi connectivity index (χ0n) is 14.8. The molecule has 0 aliphatic heterocycles. The van der Waals surface area contributed by atoms with Crippen LogP contribution in [0.3, 0.4) is 0 Å². The Hall–Kier alpha value is -3.12. The van der Waals surface area contributed by atoms with Crippen LogP contribution in [0.2, 0.25) is 0 Å². The van der Waals surface area contributed by atoms with E-state index in [0.29, 0.717) is 17.8 Å². The van der Waals surface area contributed by atoms with Crippen LogP contribution < -0.4 is 10.0 Å². The molecule has 0 heterocycles. The molecule has 6 heteroatoms. The Bertz CT molecular complexity index is 1050. The zero-order valence-corrected chi connectivity index (χ0v) is 15.7. The summed E-state index contributed by atoms with van der Waals surface area (Å²) in [6.45, 7) is 0.293. The molecule has 3 aromatic rings. The van der Waals surface area contributed by atoms with Gasteiger partial charge in [0, 0.05) is 17.8 Å². The average Bonchev–Trinajstić information content (AvgIpc) is 2.66. The van der Waals surface area contributed by atoms with E-state index >= 15 is 0 Å². The van der Waals surface area contributed by atoms with Crippen molar-refractivity contribution in [3.8, 4) is 11.1 Å². The molecule has 0 aliphatic rings. The summed E-state index contributed by atoms with van der Waals surface area (Å²) in [6.07, 6.45) is 1.10. The van der Waals surface area contributed by atoms with Gasteiger partial charge in [-0.2, -0.15) is 0 Å². The number of nitrogens with one attached hydrogen (secondary N) is 2. The maximum Gasteiger partial charge on any atom is 0.252 e. The minimum Gasteiger partial charge on any atom is -0.348 e. The minimum atomic E-state index is -3.34. The van der Waals surface area contributed by atoms with Crippen molar-refractivity contribution >= 4 is 21.6 Å². The van der Waals surface area contributed by atoms with Gasteiger partial charge in [0.2, 0.25) is 10.0 Å². The molecule has 0 bridgehead atoms. The van der Waals surface area contributed by atoms with Crippen LogP contribution in [0.4, 0.5) is 5.69 Å². The van der Waals surface area contributed by atoms with E-state index in [-0.39, 0.29) is 5.91 Å². The second-order valence-corrected chi connectivity index (χ2v) is 7.92. The molecule has 1 amide bonds. The van der Waals surface area contributed by atoms with Crippen LogP contribution in [0.15, 0.2) is 78.9 Å². The van der Waals surface area contributed by atoms with Gasteiger partial charge in [-0.3, -0.25) is 9.52 Å². The van der Waals surface area contributed by atoms with Crippen molar-refractivity contribution in [3.05, 3.63) is 90.0 Å². The summed E-state index contributed by atoms with van der Waals surface area (Å²) in [5.74, 6) is -0.184. The van der Waals surface area contributed by atoms with E-state index in [2.05, 4.69) is 10.0 Å². The van der Waals surface area contributed by atoms with E-state index in [1.54, 1.807) is 24.3 Å². The third kappa shape index (κ3) is 5.18. The number of amides is 1. The predicted octanol–water partition coefficient (Wildman–Crippen LogP) is 3.66. The molecular weight excluding hydrogens is 360 g/mol. The number of carbonyl (C=O) groups excluding carboxylic acids is 1. The van der Waals surface area contributed by atoms with Gasteiger partial charge in [0.1, 0.15) is 0 Å². The van der Waals surface area contributed by atoms with Crippen molar-refractivity contribution in [3.63, 3.8) is 0 Å². The highest BCUT2D eigenvalue weighted by molar-refractivity contribution is 7.92. The van der Waals surface area contributed by atoms with Crippen LogP contribution >= 0.6 is 0 Å². The van der Waals surface area contributed by atoms with Crippen molar-refractivity contribution in [1.29, 1.82) is 0 Å². The Morgan fingerprint density at radius 1 is 0.889 bits per heavy atom. The molecule has 0 fully saturated rings. The summed E-state index contributed by atoms with van der Waals surface area (Å²) in [4.78, 5) is 12.7. The fourth-order valence-electron chi connectivity index (χ4n) is 2.79. The molecular formula is C21H20N2O3S. The van der Waals surface area contributed by atoms with Gasteiger partial charge in [-0.15, -0.1) is 0 Å². The highest BCUT2D eigenvalue weighted by Crippen LogP contribution is 2.23. The molecule has 0 unspecified atom stereocenters. The van der Waals surface area contributed by atoms with Crippen LogP contribution in [0.25, 0.3) is 11.1 Å². The summed E-state index contributed by atoms with van der Waals surface area (Å²) in [7, 11) is -3.34. The van der Waals surface area contributed by atoms with Crippen molar-refractivity contribution in [2.24, 2.45) is 0 Å². The molecule has 0 spiro atoms. The number of hydrogen-bond acceptors (Lipinski definition) is 3. The topological polar surface area (TPSA) is 75.3 Å². The predicted molar refractivity (Wildman–Crippen MR) is 108 cm³/mol. The number of carbonyl (C=O) groups is 1. The molecule has 138 valence electrons. The average molecular weight is 380 g/mol. The molecule has 0 saturated heterocycles. The normalized spacial score (nSPS) is 11.0. The fraction of sp³-hybridized carbons (Fsp3) is 0.0952. The molecule has 0 radical (unpaired) electrons. The Kier molecular flexibility index (Phi) is 5.57. The van der Waals surface area contributed by atoms with Crippen LogP contribution in [-0.2, 0) is 16.6 Å². The first-order valence-electron chi connectivity index (χ1n) is 8.42. The second kappa shape index (κ2) is 8.05. The summed E-state index contributed by atoms with van der Waals surface area (Å²) < 4.78 is 25.1. The number of hydrogen-bond donors (Lipinski definition) is 2. The van der Waals surface area contributed by atoms with Crippen LogP contribution in [0.1, 0.15) is 15.9 Å². The minimum absolute atomic E-state index is 0.184. The van der Waals surface area contributed by atoms with E-state index in [0.717, 1.165) is 22.9 Å². The number of rotatable bonds is 6. The van der Waals surface area contributed by atoms with Crippen molar-refractivity contribution in [1.82, 2.24) is 5.32 Å². The van der Waals surface area contributed by atoms with Gasteiger partial charge in [0.15, 0.2) is 0 Å². The molecule has 0 saturated carbocycles. The van der Waals surface area contributed by atoms with E-state index in [1.165, 1.54) is 0 Å². The van der Waals surface area contributed by atoms with Gasteiger partial charge < -0.3 is 5.32 Å². The van der Waals surface area contributed by atoms with Gasteiger partial charge in [0.05, 0.1) is 6.26 Å². The third-order valence-corrected chi connectivity index (χ3v) is 4.55. The van der Waals surface area contributed by atoms with Gasteiger partial charge >= 0.3 is 0 Å². The van der Waals surface area contributed by atoms with Crippen molar-refractivity contribution < 1.29 is 13.2 Å². The first-order chi connectivity index (χ1) is 12.9. The summed E-state index contributed by atoms with van der Waals surface area (Å²) in [5.41, 5.74) is 3.70. The molecule has 27 heavy (non-hydrogen) atoms. The highest BCUT2D eigenvalue weighted by Gasteiger charge is 2.12. The Balaban J connectivity index is 1.75. The molecule has 0 aromatic heterocycles. The van der Waals surface area contributed by atoms with E-state index in [4.69, 9.17) is 0 Å². The quantitative estimate of drug-likeness (QED) is 0.685. The third-order valence-electron chi connectivity index (χ3n) is 3.94. The summed E-state index contributed by atoms with van der Waals surface area (Å²) in [6, 6.07) is 24.1. The van der Waals surface area contributed by atoms with Gasteiger partial charge in [-0.1, -0.05) is 60.7 Å². The number of anilines is 1. The first-order valence-corrected chi connectivity index (χ1v) is 10.3. The standard InChI is InChI=1S/C21H20N2O3S/c1-27(25,26)23-18-11-7-8-16(14-18)15-22-21(24)20-13-6-5-12-19(20)17-9-3-2-4-10-17/h2-14,23H,15H2,1H3,(H,22,24). The molecule has 0 atom stereocenters. The second-order valence-electron chi connectivity index (χ2n) is 6.17. The lowest BCUT2D eigenvalue weighted by Crippen LogP contribution is -2.23. The lowest BCUT2D eigenvalue weighted by Gasteiger charge is -2.11.